The zero-order valence-corrected chi connectivity index (χ0v) is 25.4. The van der Waals surface area contributed by atoms with Crippen LogP contribution in [0.4, 0.5) is 34.8 Å². The van der Waals surface area contributed by atoms with Crippen LogP contribution in [-0.2, 0) is 33.1 Å². The number of aryl methyl sites for hydroxylation is 2. The van der Waals surface area contributed by atoms with Crippen molar-refractivity contribution in [1.82, 2.24) is 19.7 Å². The third-order valence-corrected chi connectivity index (χ3v) is 7.85. The van der Waals surface area contributed by atoms with Gasteiger partial charge in [-0.1, -0.05) is 35.7 Å². The lowest BCUT2D eigenvalue weighted by atomic mass is 10.0. The third-order valence-electron chi connectivity index (χ3n) is 6.98. The molecule has 1 atom stereocenters. The SMILES string of the molecule is CCc1ccc(F)c(C(Nc2ccc3c(N)nccc3c2)c2nc(-c3ccccc3N(OC(=O)C(F)(F)F)S(C)(=O)=O)nn2C)c1. The Bertz CT molecular complexity index is 2050. The van der Waals surface area contributed by atoms with E-state index in [2.05, 4.69) is 25.2 Å². The second-order valence-electron chi connectivity index (χ2n) is 10.2. The number of rotatable bonds is 9. The lowest BCUT2D eigenvalue weighted by molar-refractivity contribution is -0.199. The number of pyridine rings is 1. The minimum Gasteiger partial charge on any atom is -0.383 e. The lowest BCUT2D eigenvalue weighted by Crippen LogP contribution is -2.38. The Labute approximate surface area is 260 Å². The molecule has 0 aliphatic rings. The first kappa shape index (κ1) is 32.2. The maximum atomic E-state index is 15.5. The molecule has 0 amide bonds. The predicted octanol–water partition coefficient (Wildman–Crippen LogP) is 5.30. The minimum absolute atomic E-state index is 0.0834. The van der Waals surface area contributed by atoms with Gasteiger partial charge in [-0.25, -0.2) is 27.6 Å². The van der Waals surface area contributed by atoms with Gasteiger partial charge in [0.1, 0.15) is 23.4 Å². The van der Waals surface area contributed by atoms with Gasteiger partial charge in [-0.3, -0.25) is 4.68 Å². The predicted molar refractivity (Wildman–Crippen MR) is 163 cm³/mol. The van der Waals surface area contributed by atoms with Crippen molar-refractivity contribution in [2.75, 3.05) is 21.8 Å². The van der Waals surface area contributed by atoms with Gasteiger partial charge in [-0.15, -0.1) is 0 Å². The number of nitrogen functional groups attached to an aromatic ring is 1. The van der Waals surface area contributed by atoms with E-state index in [0.29, 0.717) is 29.6 Å². The van der Waals surface area contributed by atoms with Crippen molar-refractivity contribution in [3.63, 3.8) is 0 Å². The molecule has 1 unspecified atom stereocenters. The summed E-state index contributed by atoms with van der Waals surface area (Å²) in [7, 11) is -3.07. The van der Waals surface area contributed by atoms with E-state index >= 15 is 4.39 Å². The van der Waals surface area contributed by atoms with Crippen molar-refractivity contribution < 1.29 is 35.6 Å². The molecule has 0 fully saturated rings. The molecule has 2 aromatic heterocycles. The number of nitrogens with zero attached hydrogens (tertiary/aromatic N) is 5. The summed E-state index contributed by atoms with van der Waals surface area (Å²) in [6, 6.07) is 16.0. The normalized spacial score (nSPS) is 12.6. The standard InChI is InChI=1S/C30H27F4N7O4S/c1-4-17-9-12-23(31)22(15-17)25(37-19-10-11-20-18(16-19)13-14-36-26(20)35)28-38-27(39-40(28)2)21-7-5-6-8-24(21)41(46(3,43)44)45-29(42)30(32,33)34/h5-16,25,37H,4H2,1-3H3,(H2,35,36). The number of nitrogens with two attached hydrogens (primary N) is 1. The monoisotopic (exact) mass is 657 g/mol. The van der Waals surface area contributed by atoms with E-state index in [0.717, 1.165) is 17.0 Å². The minimum atomic E-state index is -5.48. The van der Waals surface area contributed by atoms with Crippen LogP contribution < -0.4 is 15.5 Å². The van der Waals surface area contributed by atoms with Crippen LogP contribution in [0.3, 0.4) is 0 Å². The Hall–Kier alpha value is -5.25. The van der Waals surface area contributed by atoms with Crippen molar-refractivity contribution in [3.8, 4) is 11.4 Å². The first-order chi connectivity index (χ1) is 21.7. The van der Waals surface area contributed by atoms with Gasteiger partial charge in [0.05, 0.1) is 6.26 Å². The molecule has 0 radical (unpaired) electrons. The molecule has 0 bridgehead atoms. The van der Waals surface area contributed by atoms with Crippen LogP contribution in [0, 0.1) is 5.82 Å². The summed E-state index contributed by atoms with van der Waals surface area (Å²) >= 11 is 0. The molecule has 11 nitrogen and oxygen atoms in total. The smallest absolute Gasteiger partial charge is 0.383 e. The summed E-state index contributed by atoms with van der Waals surface area (Å²) in [6.45, 7) is 1.91. The number of hydrogen-bond acceptors (Lipinski definition) is 9. The number of aromatic nitrogens is 4. The van der Waals surface area contributed by atoms with E-state index in [1.165, 1.54) is 36.0 Å². The van der Waals surface area contributed by atoms with Crippen molar-refractivity contribution >= 4 is 44.0 Å². The topological polar surface area (TPSA) is 145 Å². The molecule has 240 valence electrons. The average Bonchev–Trinajstić information content (AvgIpc) is 3.39. The maximum Gasteiger partial charge on any atom is 0.493 e. The van der Waals surface area contributed by atoms with Gasteiger partial charge in [0.2, 0.25) is 0 Å². The fourth-order valence-electron chi connectivity index (χ4n) is 4.78. The van der Waals surface area contributed by atoms with Gasteiger partial charge in [-0.2, -0.15) is 18.3 Å². The third kappa shape index (κ3) is 6.56. The molecule has 0 aliphatic carbocycles. The van der Waals surface area contributed by atoms with E-state index in [1.54, 1.807) is 42.6 Å². The number of alkyl halides is 3. The first-order valence-corrected chi connectivity index (χ1v) is 15.5. The number of benzene rings is 3. The molecule has 5 rings (SSSR count). The zero-order valence-electron chi connectivity index (χ0n) is 24.6. The molecule has 0 spiro atoms. The number of anilines is 3. The van der Waals surface area contributed by atoms with Crippen molar-refractivity contribution in [2.24, 2.45) is 7.05 Å². The Morgan fingerprint density at radius 1 is 1.11 bits per heavy atom. The van der Waals surface area contributed by atoms with E-state index in [4.69, 9.17) is 5.73 Å². The molecule has 5 aromatic rings. The lowest BCUT2D eigenvalue weighted by Gasteiger charge is -2.22. The number of carbonyl (C=O) groups excluding carboxylic acids is 1. The van der Waals surface area contributed by atoms with Gasteiger partial charge in [0.15, 0.2) is 11.6 Å². The van der Waals surface area contributed by atoms with E-state index in [9.17, 15) is 26.4 Å². The second-order valence-corrected chi connectivity index (χ2v) is 12.0. The van der Waals surface area contributed by atoms with Crippen LogP contribution >= 0.6 is 0 Å². The Morgan fingerprint density at radius 3 is 2.54 bits per heavy atom. The Balaban J connectivity index is 1.64. The molecule has 2 heterocycles. The molecular formula is C30H27F4N7O4S. The zero-order chi connectivity index (χ0) is 33.4. The summed E-state index contributed by atoms with van der Waals surface area (Å²) in [5.41, 5.74) is 7.09. The van der Waals surface area contributed by atoms with Crippen molar-refractivity contribution in [1.29, 1.82) is 0 Å². The molecular weight excluding hydrogens is 630 g/mol. The van der Waals surface area contributed by atoms with Crippen LogP contribution in [0.2, 0.25) is 0 Å². The molecule has 0 saturated heterocycles. The second kappa shape index (κ2) is 12.3. The first-order valence-electron chi connectivity index (χ1n) is 13.7. The van der Waals surface area contributed by atoms with Crippen LogP contribution in [-0.4, -0.2) is 46.6 Å². The number of para-hydroxylation sites is 1. The van der Waals surface area contributed by atoms with Crippen LogP contribution in [0.15, 0.2) is 72.9 Å². The van der Waals surface area contributed by atoms with Gasteiger partial charge in [0, 0.05) is 35.4 Å². The molecule has 0 aliphatic heterocycles. The summed E-state index contributed by atoms with van der Waals surface area (Å²) in [6.07, 6.45) is -2.74. The molecule has 46 heavy (non-hydrogen) atoms. The fraction of sp³-hybridized carbons (Fsp3) is 0.200. The summed E-state index contributed by atoms with van der Waals surface area (Å²) in [5.74, 6) is -2.92. The van der Waals surface area contributed by atoms with Crippen molar-refractivity contribution in [2.45, 2.75) is 25.6 Å². The highest BCUT2D eigenvalue weighted by atomic mass is 32.2. The number of sulfonamides is 1. The van der Waals surface area contributed by atoms with E-state index < -0.39 is 39.7 Å². The van der Waals surface area contributed by atoms with Crippen molar-refractivity contribution in [3.05, 3.63) is 95.7 Å². The van der Waals surface area contributed by atoms with Crippen LogP contribution in [0.5, 0.6) is 0 Å². The summed E-state index contributed by atoms with van der Waals surface area (Å²) in [5, 5.41) is 9.17. The Kier molecular flexibility index (Phi) is 8.58. The number of fused-ring (bicyclic) bond motifs is 1. The molecule has 0 saturated carbocycles. The quantitative estimate of drug-likeness (QED) is 0.159. The molecule has 3 aromatic carbocycles. The van der Waals surface area contributed by atoms with Gasteiger partial charge in [0.25, 0.3) is 10.0 Å². The summed E-state index contributed by atoms with van der Waals surface area (Å²) in [4.78, 5) is 24.6. The average molecular weight is 658 g/mol. The van der Waals surface area contributed by atoms with Crippen LogP contribution in [0.1, 0.15) is 29.9 Å². The highest BCUT2D eigenvalue weighted by molar-refractivity contribution is 7.91. The number of carbonyl (C=O) groups is 1. The highest BCUT2D eigenvalue weighted by Gasteiger charge is 2.44. The van der Waals surface area contributed by atoms with E-state index in [1.807, 2.05) is 6.92 Å². The number of halogens is 4. The maximum absolute atomic E-state index is 15.5. The number of hydrogen-bond donors (Lipinski definition) is 2. The highest BCUT2D eigenvalue weighted by Crippen LogP contribution is 2.35. The fourth-order valence-corrected chi connectivity index (χ4v) is 5.50. The van der Waals surface area contributed by atoms with Gasteiger partial charge < -0.3 is 15.9 Å². The van der Waals surface area contributed by atoms with Gasteiger partial charge >= 0.3 is 12.1 Å². The molecule has 3 N–H and O–H groups in total. The molecule has 16 heteroatoms. The van der Waals surface area contributed by atoms with Gasteiger partial charge in [-0.05, 0) is 59.8 Å². The largest absolute Gasteiger partial charge is 0.493 e. The summed E-state index contributed by atoms with van der Waals surface area (Å²) < 4.78 is 80.9. The Morgan fingerprint density at radius 2 is 1.85 bits per heavy atom. The van der Waals surface area contributed by atoms with E-state index in [-0.39, 0.29) is 27.2 Å². The number of nitrogens with one attached hydrogen (secondary N) is 1. The van der Waals surface area contributed by atoms with Crippen LogP contribution in [0.25, 0.3) is 22.2 Å².